The van der Waals surface area contributed by atoms with Crippen molar-refractivity contribution in [3.8, 4) is 11.1 Å². The molecule has 0 saturated carbocycles. The first-order chi connectivity index (χ1) is 9.29. The van der Waals surface area contributed by atoms with Crippen molar-refractivity contribution in [3.63, 3.8) is 0 Å². The average Bonchev–Trinajstić information content (AvgIpc) is 2.45. The second-order valence-corrected chi connectivity index (χ2v) is 5.62. The van der Waals surface area contributed by atoms with E-state index in [1.54, 1.807) is 0 Å². The molecule has 0 unspecified atom stereocenters. The minimum atomic E-state index is 1.11. The molecule has 0 aliphatic carbocycles. The monoisotopic (exact) mass is 320 g/mol. The number of unbranched alkanes of at least 4 members (excludes halogenated alkanes) is 2. The lowest BCUT2D eigenvalue weighted by Gasteiger charge is -2.00. The second kappa shape index (κ2) is 7.39. The normalized spacial score (nSPS) is 10.6. The molecule has 0 aliphatic rings. The number of pyridine rings is 2. The van der Waals surface area contributed by atoms with Gasteiger partial charge in [0.25, 0.3) is 0 Å². The van der Waals surface area contributed by atoms with Crippen molar-refractivity contribution in [2.75, 3.05) is 5.33 Å². The van der Waals surface area contributed by atoms with E-state index in [-0.39, 0.29) is 0 Å². The standard InChI is InChI=1S/C16H21BrN2/c1-18-11-5-15(6-12-18)16-7-13-19(14-8-16)10-4-2-3-9-17/h5-8,11-14H,2-4,9-10H2,1H3/q+2. The quantitative estimate of drug-likeness (QED) is 0.439. The minimum absolute atomic E-state index is 1.11. The maximum absolute atomic E-state index is 3.47. The van der Waals surface area contributed by atoms with Crippen LogP contribution in [-0.2, 0) is 13.6 Å². The molecule has 100 valence electrons. The highest BCUT2D eigenvalue weighted by Crippen LogP contribution is 2.15. The summed E-state index contributed by atoms with van der Waals surface area (Å²) < 4.78 is 4.32. The Hall–Kier alpha value is -1.22. The average molecular weight is 321 g/mol. The van der Waals surface area contributed by atoms with Crippen LogP contribution in [0.4, 0.5) is 0 Å². The maximum atomic E-state index is 3.47. The lowest BCUT2D eigenvalue weighted by Crippen LogP contribution is -2.32. The molecule has 2 aromatic heterocycles. The molecule has 19 heavy (non-hydrogen) atoms. The van der Waals surface area contributed by atoms with Crippen LogP contribution in [-0.4, -0.2) is 5.33 Å². The number of rotatable bonds is 6. The molecule has 2 rings (SSSR count). The number of nitrogens with zero attached hydrogens (tertiary/aromatic N) is 2. The summed E-state index contributed by atoms with van der Waals surface area (Å²) in [5, 5.41) is 1.11. The van der Waals surface area contributed by atoms with Crippen LogP contribution < -0.4 is 9.13 Å². The van der Waals surface area contributed by atoms with E-state index in [9.17, 15) is 0 Å². The fraction of sp³-hybridized carbons (Fsp3) is 0.375. The summed E-state index contributed by atoms with van der Waals surface area (Å²) in [6.07, 6.45) is 12.3. The fourth-order valence-electron chi connectivity index (χ4n) is 2.06. The molecule has 0 amide bonds. The Balaban J connectivity index is 1.96. The van der Waals surface area contributed by atoms with E-state index in [4.69, 9.17) is 0 Å². The van der Waals surface area contributed by atoms with Gasteiger partial charge in [0.15, 0.2) is 24.8 Å². The third-order valence-electron chi connectivity index (χ3n) is 3.25. The van der Waals surface area contributed by atoms with Crippen molar-refractivity contribution < 1.29 is 9.13 Å². The lowest BCUT2D eigenvalue weighted by atomic mass is 10.1. The third kappa shape index (κ3) is 4.43. The summed E-state index contributed by atoms with van der Waals surface area (Å²) in [6, 6.07) is 8.69. The zero-order chi connectivity index (χ0) is 13.5. The number of hydrogen-bond donors (Lipinski definition) is 0. The molecule has 0 atom stereocenters. The molecule has 0 N–H and O–H groups in total. The molecule has 0 aromatic carbocycles. The maximum Gasteiger partial charge on any atom is 0.169 e. The summed E-state index contributed by atoms with van der Waals surface area (Å²) in [4.78, 5) is 0. The van der Waals surface area contributed by atoms with E-state index in [1.807, 2.05) is 7.05 Å². The molecule has 0 saturated heterocycles. The number of hydrogen-bond acceptors (Lipinski definition) is 0. The SMILES string of the molecule is C[n+]1ccc(-c2cc[n+](CCCCCBr)cc2)cc1. The molecular formula is C16H21BrN2+2. The Kier molecular flexibility index (Phi) is 5.52. The van der Waals surface area contributed by atoms with Crippen LogP contribution in [0.3, 0.4) is 0 Å². The van der Waals surface area contributed by atoms with Gasteiger partial charge >= 0.3 is 0 Å². The van der Waals surface area contributed by atoms with Gasteiger partial charge in [-0.15, -0.1) is 0 Å². The van der Waals surface area contributed by atoms with Crippen molar-refractivity contribution in [2.24, 2.45) is 7.05 Å². The zero-order valence-corrected chi connectivity index (χ0v) is 13.0. The predicted octanol–water partition coefficient (Wildman–Crippen LogP) is 3.03. The Morgan fingerprint density at radius 3 is 2.00 bits per heavy atom. The van der Waals surface area contributed by atoms with Crippen molar-refractivity contribution in [1.82, 2.24) is 0 Å². The smallest absolute Gasteiger partial charge is 0.169 e. The van der Waals surface area contributed by atoms with Gasteiger partial charge in [-0.1, -0.05) is 15.9 Å². The molecule has 0 aliphatic heterocycles. The van der Waals surface area contributed by atoms with E-state index >= 15 is 0 Å². The Morgan fingerprint density at radius 2 is 1.42 bits per heavy atom. The van der Waals surface area contributed by atoms with Gasteiger partial charge in [0.05, 0.1) is 0 Å². The van der Waals surface area contributed by atoms with Crippen molar-refractivity contribution >= 4 is 15.9 Å². The summed E-state index contributed by atoms with van der Waals surface area (Å²) in [7, 11) is 2.04. The number of halogens is 1. The van der Waals surface area contributed by atoms with Gasteiger partial charge in [0.1, 0.15) is 13.6 Å². The highest BCUT2D eigenvalue weighted by atomic mass is 79.9. The molecule has 0 spiro atoms. The van der Waals surface area contributed by atoms with Crippen molar-refractivity contribution in [2.45, 2.75) is 25.8 Å². The first kappa shape index (κ1) is 14.2. The summed E-state index contributed by atoms with van der Waals surface area (Å²) in [6.45, 7) is 1.11. The third-order valence-corrected chi connectivity index (χ3v) is 3.81. The van der Waals surface area contributed by atoms with Gasteiger partial charge in [0, 0.05) is 36.0 Å². The van der Waals surface area contributed by atoms with Gasteiger partial charge in [-0.25, -0.2) is 9.13 Å². The molecular weight excluding hydrogens is 300 g/mol. The number of alkyl halides is 1. The van der Waals surface area contributed by atoms with Gasteiger partial charge in [-0.3, -0.25) is 0 Å². The summed E-state index contributed by atoms with van der Waals surface area (Å²) >= 11 is 3.47. The highest BCUT2D eigenvalue weighted by molar-refractivity contribution is 9.09. The van der Waals surface area contributed by atoms with E-state index in [2.05, 4.69) is 74.1 Å². The Morgan fingerprint density at radius 1 is 0.842 bits per heavy atom. The Bertz CT molecular complexity index is 491. The molecule has 2 aromatic rings. The lowest BCUT2D eigenvalue weighted by molar-refractivity contribution is -0.697. The summed E-state index contributed by atoms with van der Waals surface area (Å²) in [5.41, 5.74) is 2.54. The molecule has 0 radical (unpaired) electrons. The predicted molar refractivity (Wildman–Crippen MR) is 80.9 cm³/mol. The minimum Gasteiger partial charge on any atom is -0.208 e. The fourth-order valence-corrected chi connectivity index (χ4v) is 2.45. The first-order valence-corrected chi connectivity index (χ1v) is 7.92. The van der Waals surface area contributed by atoms with E-state index < -0.39 is 0 Å². The van der Waals surface area contributed by atoms with Crippen molar-refractivity contribution in [3.05, 3.63) is 49.1 Å². The molecule has 2 nitrogen and oxygen atoms in total. The molecule has 0 fully saturated rings. The molecule has 2 heterocycles. The zero-order valence-electron chi connectivity index (χ0n) is 11.4. The number of aryl methyl sites for hydroxylation is 2. The Labute approximate surface area is 123 Å². The van der Waals surface area contributed by atoms with Crippen molar-refractivity contribution in [1.29, 1.82) is 0 Å². The number of aromatic nitrogens is 2. The van der Waals surface area contributed by atoms with E-state index in [0.29, 0.717) is 0 Å². The van der Waals surface area contributed by atoms with Crippen LogP contribution in [0.15, 0.2) is 49.1 Å². The van der Waals surface area contributed by atoms with Crippen LogP contribution in [0, 0.1) is 0 Å². The van der Waals surface area contributed by atoms with E-state index in [1.165, 1.54) is 30.4 Å². The van der Waals surface area contributed by atoms with Crippen LogP contribution in [0.1, 0.15) is 19.3 Å². The molecule has 0 bridgehead atoms. The van der Waals surface area contributed by atoms with Gasteiger partial charge in [-0.2, -0.15) is 0 Å². The second-order valence-electron chi connectivity index (χ2n) is 4.83. The van der Waals surface area contributed by atoms with Gasteiger partial charge in [0.2, 0.25) is 0 Å². The topological polar surface area (TPSA) is 7.76 Å². The van der Waals surface area contributed by atoms with Crippen LogP contribution in [0.5, 0.6) is 0 Å². The first-order valence-electron chi connectivity index (χ1n) is 6.80. The van der Waals surface area contributed by atoms with Gasteiger partial charge < -0.3 is 0 Å². The van der Waals surface area contributed by atoms with Gasteiger partial charge in [-0.05, 0) is 24.0 Å². The largest absolute Gasteiger partial charge is 0.208 e. The van der Waals surface area contributed by atoms with Crippen LogP contribution in [0.25, 0.3) is 11.1 Å². The van der Waals surface area contributed by atoms with Crippen LogP contribution >= 0.6 is 15.9 Å². The highest BCUT2D eigenvalue weighted by Gasteiger charge is 2.04. The molecule has 3 heteroatoms. The van der Waals surface area contributed by atoms with E-state index in [0.717, 1.165) is 11.9 Å². The van der Waals surface area contributed by atoms with Crippen LogP contribution in [0.2, 0.25) is 0 Å². The summed E-state index contributed by atoms with van der Waals surface area (Å²) in [5.74, 6) is 0.